The Morgan fingerprint density at radius 3 is 2.49 bits per heavy atom. The van der Waals surface area contributed by atoms with Crippen molar-refractivity contribution in [3.63, 3.8) is 0 Å². The molecule has 0 unspecified atom stereocenters. The fourth-order valence-electron chi connectivity index (χ4n) is 5.25. The molecule has 0 saturated carbocycles. The van der Waals surface area contributed by atoms with Gasteiger partial charge in [0.15, 0.2) is 0 Å². The predicted octanol–water partition coefficient (Wildman–Crippen LogP) is 4.29. The summed E-state index contributed by atoms with van der Waals surface area (Å²) in [5.74, 6) is -0.742. The summed E-state index contributed by atoms with van der Waals surface area (Å²) in [5, 5.41) is 5.98. The van der Waals surface area contributed by atoms with Gasteiger partial charge in [0.1, 0.15) is 12.1 Å². The zero-order valence-corrected chi connectivity index (χ0v) is 20.0. The zero-order chi connectivity index (χ0) is 24.6. The van der Waals surface area contributed by atoms with Crippen molar-refractivity contribution in [2.24, 2.45) is 0 Å². The van der Waals surface area contributed by atoms with E-state index in [1.165, 1.54) is 5.56 Å². The van der Waals surface area contributed by atoms with Crippen molar-refractivity contribution in [1.29, 1.82) is 0 Å². The maximum atomic E-state index is 13.6. The molecule has 2 aliphatic rings. The molecule has 3 aromatic rings. The highest BCUT2D eigenvalue weighted by molar-refractivity contribution is 6.09. The van der Waals surface area contributed by atoms with Crippen LogP contribution in [0.2, 0.25) is 0 Å². The second kappa shape index (κ2) is 9.02. The molecule has 35 heavy (non-hydrogen) atoms. The topological polar surface area (TPSA) is 78.5 Å². The first kappa shape index (κ1) is 22.8. The Bertz CT molecular complexity index is 1300. The van der Waals surface area contributed by atoms with Gasteiger partial charge < -0.3 is 10.6 Å². The molecular formula is C29H29N3O3. The number of hydrogen-bond acceptors (Lipinski definition) is 3. The summed E-state index contributed by atoms with van der Waals surface area (Å²) >= 11 is 0. The molecule has 4 amide bonds. The summed E-state index contributed by atoms with van der Waals surface area (Å²) in [7, 11) is 0. The monoisotopic (exact) mass is 467 g/mol. The van der Waals surface area contributed by atoms with E-state index in [2.05, 4.69) is 16.7 Å². The minimum absolute atomic E-state index is 0.331. The van der Waals surface area contributed by atoms with Gasteiger partial charge in [0.05, 0.1) is 6.04 Å². The number of rotatable bonds is 5. The summed E-state index contributed by atoms with van der Waals surface area (Å²) in [5.41, 5.74) is 5.00. The zero-order valence-electron chi connectivity index (χ0n) is 20.0. The summed E-state index contributed by atoms with van der Waals surface area (Å²) < 4.78 is 0. The predicted molar refractivity (Wildman–Crippen MR) is 134 cm³/mol. The molecular weight excluding hydrogens is 438 g/mol. The van der Waals surface area contributed by atoms with Crippen molar-refractivity contribution < 1.29 is 14.4 Å². The van der Waals surface area contributed by atoms with E-state index < -0.39 is 17.6 Å². The first-order valence-corrected chi connectivity index (χ1v) is 12.0. The Balaban J connectivity index is 1.39. The first-order chi connectivity index (χ1) is 16.9. The van der Waals surface area contributed by atoms with Crippen molar-refractivity contribution in [2.75, 3.05) is 6.54 Å². The lowest BCUT2D eigenvalue weighted by Gasteiger charge is -2.33. The van der Waals surface area contributed by atoms with Gasteiger partial charge in [-0.25, -0.2) is 4.79 Å². The van der Waals surface area contributed by atoms with Crippen molar-refractivity contribution >= 4 is 17.8 Å². The number of carbonyl (C=O) groups is 3. The van der Waals surface area contributed by atoms with Crippen LogP contribution >= 0.6 is 0 Å². The van der Waals surface area contributed by atoms with Gasteiger partial charge in [0.25, 0.3) is 5.91 Å². The van der Waals surface area contributed by atoms with Crippen LogP contribution in [0.5, 0.6) is 0 Å². The van der Waals surface area contributed by atoms with E-state index in [-0.39, 0.29) is 18.4 Å². The quantitative estimate of drug-likeness (QED) is 0.550. The average Bonchev–Trinajstić information content (AvgIpc) is 3.09. The molecule has 1 aliphatic carbocycles. The van der Waals surface area contributed by atoms with Gasteiger partial charge in [-0.05, 0) is 66.5 Å². The number of fused-ring (bicyclic) bond motifs is 2. The van der Waals surface area contributed by atoms with Gasteiger partial charge >= 0.3 is 6.03 Å². The second-order valence-corrected chi connectivity index (χ2v) is 9.49. The number of urea groups is 1. The lowest BCUT2D eigenvalue weighted by atomic mass is 9.76. The first-order valence-electron chi connectivity index (χ1n) is 12.0. The largest absolute Gasteiger partial charge is 0.344 e. The van der Waals surface area contributed by atoms with Gasteiger partial charge in [-0.15, -0.1) is 0 Å². The molecule has 1 fully saturated rings. The number of benzene rings is 3. The van der Waals surface area contributed by atoms with Gasteiger partial charge in [-0.3, -0.25) is 14.5 Å². The highest BCUT2D eigenvalue weighted by Gasteiger charge is 2.54. The van der Waals surface area contributed by atoms with Crippen molar-refractivity contribution in [2.45, 2.75) is 44.7 Å². The highest BCUT2D eigenvalue weighted by atomic mass is 16.2. The molecule has 1 aliphatic heterocycles. The van der Waals surface area contributed by atoms with Gasteiger partial charge in [-0.2, -0.15) is 0 Å². The van der Waals surface area contributed by atoms with Crippen LogP contribution in [0.4, 0.5) is 4.79 Å². The van der Waals surface area contributed by atoms with Crippen LogP contribution in [0, 0.1) is 13.8 Å². The Morgan fingerprint density at radius 1 is 0.971 bits per heavy atom. The van der Waals surface area contributed by atoms with Crippen LogP contribution in [-0.4, -0.2) is 29.3 Å². The van der Waals surface area contributed by atoms with Gasteiger partial charge in [0, 0.05) is 0 Å². The number of amides is 4. The summed E-state index contributed by atoms with van der Waals surface area (Å²) in [4.78, 5) is 40.8. The number of nitrogens with zero attached hydrogens (tertiary/aromatic N) is 1. The van der Waals surface area contributed by atoms with Crippen molar-refractivity contribution in [3.05, 3.63) is 106 Å². The molecule has 2 atom stereocenters. The average molecular weight is 468 g/mol. The van der Waals surface area contributed by atoms with E-state index in [1.54, 1.807) is 0 Å². The molecule has 1 heterocycles. The fourth-order valence-corrected chi connectivity index (χ4v) is 5.25. The third-order valence-corrected chi connectivity index (χ3v) is 7.26. The van der Waals surface area contributed by atoms with Gasteiger partial charge in [-0.1, -0.05) is 72.8 Å². The maximum Gasteiger partial charge on any atom is 0.325 e. The summed E-state index contributed by atoms with van der Waals surface area (Å²) in [6.45, 7) is 3.76. The van der Waals surface area contributed by atoms with E-state index in [1.807, 2.05) is 80.6 Å². The van der Waals surface area contributed by atoms with Crippen LogP contribution in [0.25, 0.3) is 0 Å². The number of hydrogen-bond donors (Lipinski definition) is 2. The molecule has 3 aromatic carbocycles. The highest BCUT2D eigenvalue weighted by Crippen LogP contribution is 2.39. The van der Waals surface area contributed by atoms with Crippen molar-refractivity contribution in [3.8, 4) is 0 Å². The molecule has 1 saturated heterocycles. The number of imide groups is 1. The second-order valence-electron chi connectivity index (χ2n) is 9.49. The fraction of sp³-hybridized carbons (Fsp3) is 0.276. The summed E-state index contributed by atoms with van der Waals surface area (Å²) in [6.07, 6.45) is 2.20. The van der Waals surface area contributed by atoms with Crippen LogP contribution in [0.15, 0.2) is 72.8 Å². The Kier molecular flexibility index (Phi) is 5.89. The molecule has 6 heteroatoms. The normalized spacial score (nSPS) is 19.9. The molecule has 6 nitrogen and oxygen atoms in total. The third kappa shape index (κ3) is 4.09. The lowest BCUT2D eigenvalue weighted by molar-refractivity contribution is -0.135. The van der Waals surface area contributed by atoms with Crippen LogP contribution in [0.3, 0.4) is 0 Å². The Labute approximate surface area is 205 Å². The third-order valence-electron chi connectivity index (χ3n) is 7.26. The molecule has 0 aromatic heterocycles. The van der Waals surface area contributed by atoms with Gasteiger partial charge in [0.2, 0.25) is 5.91 Å². The Morgan fingerprint density at radius 2 is 1.71 bits per heavy atom. The molecule has 178 valence electrons. The Hall–Kier alpha value is -3.93. The molecule has 2 N–H and O–H groups in total. The number of carbonyl (C=O) groups excluding carboxylic acids is 3. The number of aryl methyl sites for hydroxylation is 3. The van der Waals surface area contributed by atoms with E-state index in [4.69, 9.17) is 0 Å². The maximum absolute atomic E-state index is 13.6. The van der Waals surface area contributed by atoms with Crippen LogP contribution in [-0.2, 0) is 21.5 Å². The van der Waals surface area contributed by atoms with E-state index in [9.17, 15) is 14.4 Å². The minimum atomic E-state index is -1.08. The molecule has 0 bridgehead atoms. The molecule has 0 radical (unpaired) electrons. The number of nitrogens with one attached hydrogen (secondary N) is 2. The smallest absolute Gasteiger partial charge is 0.325 e. The van der Waals surface area contributed by atoms with Crippen LogP contribution in [0.1, 0.15) is 52.3 Å². The standard InChI is InChI=1S/C29H29N3O3/c1-19-14-15-23(17-20(19)2)26(22-10-4-3-5-11-22)30-25(33)18-32-27(34)29(31-28(32)35)16-8-12-21-9-6-7-13-24(21)29/h3-7,9-11,13-15,17,26H,8,12,16,18H2,1-2H3,(H,30,33)(H,31,35)/t26-,29+/m0/s1. The lowest BCUT2D eigenvalue weighted by Crippen LogP contribution is -2.47. The molecule has 1 spiro atoms. The molecule has 5 rings (SSSR count). The van der Waals surface area contributed by atoms with Crippen LogP contribution < -0.4 is 10.6 Å². The SMILES string of the molecule is Cc1ccc([C@@H](NC(=O)CN2C(=O)N[C@@]3(CCCc4ccccc43)C2=O)c2ccccc2)cc1C. The van der Waals surface area contributed by atoms with E-state index in [0.717, 1.165) is 45.6 Å². The minimum Gasteiger partial charge on any atom is -0.344 e. The van der Waals surface area contributed by atoms with E-state index in [0.29, 0.717) is 6.42 Å². The van der Waals surface area contributed by atoms with E-state index >= 15 is 0 Å². The summed E-state index contributed by atoms with van der Waals surface area (Å²) in [6, 6.07) is 22.6. The van der Waals surface area contributed by atoms with Crippen molar-refractivity contribution in [1.82, 2.24) is 15.5 Å².